The molecular formula is C29H30IN4O5+. The Kier molecular flexibility index (Phi) is 7.40. The van der Waals surface area contributed by atoms with Crippen LogP contribution >= 0.6 is 21.0 Å². The van der Waals surface area contributed by atoms with Gasteiger partial charge >= 0.3 is 0 Å². The predicted octanol–water partition coefficient (Wildman–Crippen LogP) is 2.39. The molecule has 1 fully saturated rings. The molecule has 0 aliphatic carbocycles. The highest BCUT2D eigenvalue weighted by Crippen LogP contribution is 2.38. The number of hydrogen-bond acceptors (Lipinski definition) is 7. The summed E-state index contributed by atoms with van der Waals surface area (Å²) in [5, 5.41) is 12.1. The highest BCUT2D eigenvalue weighted by Gasteiger charge is 2.21. The lowest BCUT2D eigenvalue weighted by Gasteiger charge is -2.23. The van der Waals surface area contributed by atoms with Crippen molar-refractivity contribution in [2.45, 2.75) is 6.42 Å². The van der Waals surface area contributed by atoms with E-state index in [1.807, 2.05) is 57.7 Å². The minimum atomic E-state index is -0.840. The van der Waals surface area contributed by atoms with Gasteiger partial charge in [-0.15, -0.1) is 0 Å². The molecule has 10 heteroatoms. The molecule has 1 aromatic heterocycles. The monoisotopic (exact) mass is 641 g/mol. The number of rotatable bonds is 8. The van der Waals surface area contributed by atoms with E-state index < -0.39 is 21.0 Å². The fraction of sp³-hybridized carbons (Fsp3) is 0.241. The zero-order valence-corrected chi connectivity index (χ0v) is 23.4. The van der Waals surface area contributed by atoms with Crippen LogP contribution in [0.25, 0.3) is 16.7 Å². The standard InChI is InChI=1S/C29H29IN4O5/c31-28-26-27(30-34(28)19-7-10-25(24(35)17-19)39-20-5-2-1-3-6-20)22-9-8-21(18-23(22)32-29(26)36)38-14-4-11-33-12-15-37-16-13-33/h1-3,5-10,17-18,35H,4,11-16,31H2,(H,32,36)/p+1. The van der Waals surface area contributed by atoms with Gasteiger partial charge in [0.25, 0.3) is 5.56 Å². The molecule has 2 aliphatic heterocycles. The quantitative estimate of drug-likeness (QED) is 0.133. The molecule has 6 rings (SSSR count). The van der Waals surface area contributed by atoms with E-state index in [1.54, 1.807) is 17.0 Å². The second kappa shape index (κ2) is 11.2. The number of nitrogens with one attached hydrogen (secondary N) is 2. The summed E-state index contributed by atoms with van der Waals surface area (Å²) in [6, 6.07) is 20.3. The molecule has 0 bridgehead atoms. The Morgan fingerprint density at radius 1 is 1.05 bits per heavy atom. The van der Waals surface area contributed by atoms with Crippen molar-refractivity contribution in [3.8, 4) is 23.0 Å². The van der Waals surface area contributed by atoms with Crippen LogP contribution in [-0.2, 0) is 4.74 Å². The van der Waals surface area contributed by atoms with E-state index in [0.717, 1.165) is 59.1 Å². The Labute approximate surface area is 235 Å². The third kappa shape index (κ3) is 5.45. The normalized spacial score (nSPS) is 15.5. The molecule has 0 saturated carbocycles. The van der Waals surface area contributed by atoms with Gasteiger partial charge in [-0.25, -0.2) is 0 Å². The Bertz CT molecular complexity index is 1690. The maximum atomic E-state index is 13.1. The molecule has 4 aromatic rings. The third-order valence-electron chi connectivity index (χ3n) is 6.84. The second-order valence-corrected chi connectivity index (χ2v) is 12.0. The Balaban J connectivity index is 1.22. The highest BCUT2D eigenvalue weighted by molar-refractivity contribution is 14.2. The number of phenolic OH excluding ortho intramolecular Hbond substituents is 1. The van der Waals surface area contributed by atoms with Crippen molar-refractivity contribution in [3.63, 3.8) is 0 Å². The number of quaternary nitrogens is 1. The first-order valence-corrected chi connectivity index (χ1v) is 15.0. The number of pyridine rings is 1. The van der Waals surface area contributed by atoms with Crippen molar-refractivity contribution in [2.75, 3.05) is 42.6 Å². The number of H-pyrrole nitrogens is 1. The highest BCUT2D eigenvalue weighted by atomic mass is 127. The maximum Gasteiger partial charge on any atom is 0.260 e. The van der Waals surface area contributed by atoms with Crippen LogP contribution < -0.4 is 34.0 Å². The fourth-order valence-corrected chi connectivity index (χ4v) is 7.87. The molecule has 2 aliphatic rings. The molecule has 0 radical (unpaired) electrons. The van der Waals surface area contributed by atoms with Gasteiger partial charge in [0, 0.05) is 48.1 Å². The lowest BCUT2D eigenvalue weighted by atomic mass is 10.2. The van der Waals surface area contributed by atoms with Crippen LogP contribution in [0.4, 0.5) is 5.69 Å². The average molecular weight is 641 g/mol. The maximum absolute atomic E-state index is 13.1. The second-order valence-electron chi connectivity index (χ2n) is 9.48. The largest absolute Gasteiger partial charge is 0.504 e. The van der Waals surface area contributed by atoms with Crippen molar-refractivity contribution in [1.29, 1.82) is 0 Å². The fourth-order valence-electron chi connectivity index (χ4n) is 4.81. The van der Waals surface area contributed by atoms with Crippen LogP contribution in [0.15, 0.2) is 71.5 Å². The lowest BCUT2D eigenvalue weighted by Crippen LogP contribution is -3.14. The first kappa shape index (κ1) is 25.7. The van der Waals surface area contributed by atoms with Crippen LogP contribution in [0, 0.1) is 3.15 Å². The number of para-hydroxylation sites is 1. The molecule has 0 spiro atoms. The van der Waals surface area contributed by atoms with E-state index in [2.05, 4.69) is 4.98 Å². The number of aromatic hydroxyl groups is 1. The van der Waals surface area contributed by atoms with Crippen LogP contribution in [0.3, 0.4) is 0 Å². The van der Waals surface area contributed by atoms with Gasteiger partial charge in [-0.05, 0) is 36.4 Å². The van der Waals surface area contributed by atoms with Gasteiger partial charge in [0.15, 0.2) is 11.5 Å². The van der Waals surface area contributed by atoms with Crippen LogP contribution in [0.5, 0.6) is 23.0 Å². The summed E-state index contributed by atoms with van der Waals surface area (Å²) in [6.07, 6.45) is 0.960. The number of nitrogens with two attached hydrogens (primary N) is 1. The van der Waals surface area contributed by atoms with E-state index in [-0.39, 0.29) is 11.3 Å². The Hall–Kier alpha value is -3.61. The Morgan fingerprint density at radius 2 is 1.87 bits per heavy atom. The zero-order valence-electron chi connectivity index (χ0n) is 21.3. The summed E-state index contributed by atoms with van der Waals surface area (Å²) in [5.74, 6) is 2.11. The predicted molar refractivity (Wildman–Crippen MR) is 158 cm³/mol. The molecule has 0 amide bonds. The van der Waals surface area contributed by atoms with E-state index in [9.17, 15) is 9.90 Å². The molecule has 0 unspecified atom stereocenters. The molecule has 39 heavy (non-hydrogen) atoms. The van der Waals surface area contributed by atoms with Gasteiger partial charge in [0.2, 0.25) is 0 Å². The van der Waals surface area contributed by atoms with E-state index in [1.165, 1.54) is 0 Å². The van der Waals surface area contributed by atoms with Gasteiger partial charge in [0.05, 0.1) is 42.8 Å². The Morgan fingerprint density at radius 3 is 2.67 bits per heavy atom. The van der Waals surface area contributed by atoms with Crippen molar-refractivity contribution in [2.24, 2.45) is 5.73 Å². The summed E-state index contributed by atoms with van der Waals surface area (Å²) < 4.78 is 20.1. The van der Waals surface area contributed by atoms with Crippen LogP contribution in [-0.4, -0.2) is 49.5 Å². The number of halogens is 1. The molecule has 9 nitrogen and oxygen atoms in total. The number of hydrogen-bond donors (Lipinski definition) is 4. The molecule has 3 heterocycles. The molecule has 5 N–H and O–H groups in total. The summed E-state index contributed by atoms with van der Waals surface area (Å²) in [6.45, 7) is 5.44. The third-order valence-corrected chi connectivity index (χ3v) is 10.0. The summed E-state index contributed by atoms with van der Waals surface area (Å²) in [5.41, 5.74) is 7.73. The number of morpholine rings is 1. The van der Waals surface area contributed by atoms with E-state index in [0.29, 0.717) is 34.8 Å². The molecular weight excluding hydrogens is 611 g/mol. The minimum Gasteiger partial charge on any atom is -0.504 e. The van der Waals surface area contributed by atoms with Crippen molar-refractivity contribution >= 4 is 43.4 Å². The van der Waals surface area contributed by atoms with Gasteiger partial charge in [-0.1, -0.05) is 18.2 Å². The smallest absolute Gasteiger partial charge is 0.260 e. The number of fused-ring (bicyclic) bond motifs is 3. The van der Waals surface area contributed by atoms with Crippen molar-refractivity contribution in [3.05, 3.63) is 85.5 Å². The van der Waals surface area contributed by atoms with Crippen LogP contribution in [0.2, 0.25) is 0 Å². The topological polar surface area (TPSA) is 114 Å². The number of phenols is 1. The van der Waals surface area contributed by atoms with Crippen molar-refractivity contribution in [1.82, 2.24) is 4.98 Å². The first-order chi connectivity index (χ1) is 19.1. The number of nitrogens with zero attached hydrogens (tertiary/aromatic N) is 1. The summed E-state index contributed by atoms with van der Waals surface area (Å²) in [4.78, 5) is 17.6. The SMILES string of the molecule is NC1=c2c(=O)[nH]c3cc(OCCC[NH+]4CCOCC4)ccc3c2=IN1c1ccc(Oc2ccccc2)c(O)c1. The number of aromatic amines is 1. The minimum absolute atomic E-state index is 0.0000969. The number of benzene rings is 3. The summed E-state index contributed by atoms with van der Waals surface area (Å²) in [7, 11) is 0. The molecule has 3 aromatic carbocycles. The summed E-state index contributed by atoms with van der Waals surface area (Å²) >= 11 is -0.840. The average Bonchev–Trinajstić information content (AvgIpc) is 3.31. The van der Waals surface area contributed by atoms with Crippen molar-refractivity contribution < 1.29 is 24.2 Å². The molecule has 1 saturated heterocycles. The first-order valence-electron chi connectivity index (χ1n) is 12.9. The van der Waals surface area contributed by atoms with Gasteiger partial charge in [0.1, 0.15) is 30.4 Å². The van der Waals surface area contributed by atoms with E-state index in [4.69, 9.17) is 19.9 Å². The van der Waals surface area contributed by atoms with Gasteiger partial charge < -0.3 is 34.9 Å². The molecule has 0 atom stereocenters. The number of anilines is 1. The van der Waals surface area contributed by atoms with Gasteiger partial charge in [-0.3, -0.25) is 7.91 Å². The molecule has 202 valence electrons. The van der Waals surface area contributed by atoms with Crippen LogP contribution in [0.1, 0.15) is 6.42 Å². The lowest BCUT2D eigenvalue weighted by molar-refractivity contribution is -0.908. The zero-order chi connectivity index (χ0) is 26.8. The number of aromatic nitrogens is 1. The van der Waals surface area contributed by atoms with Gasteiger partial charge in [-0.2, -0.15) is 0 Å². The van der Waals surface area contributed by atoms with E-state index >= 15 is 0 Å². The number of ether oxygens (including phenoxy) is 3.